The first kappa shape index (κ1) is 11.2. The molecule has 0 spiro atoms. The molecule has 0 fully saturated rings. The van der Waals surface area contributed by atoms with Crippen molar-refractivity contribution in [1.82, 2.24) is 0 Å². The van der Waals surface area contributed by atoms with Crippen molar-refractivity contribution in [3.05, 3.63) is 57.0 Å². The van der Waals surface area contributed by atoms with Crippen LogP contribution in [-0.4, -0.2) is 0 Å². The van der Waals surface area contributed by atoms with Gasteiger partial charge in [0.1, 0.15) is 5.82 Å². The van der Waals surface area contributed by atoms with Gasteiger partial charge in [-0.1, -0.05) is 12.1 Å². The molecule has 1 aromatic carbocycles. The lowest BCUT2D eigenvalue weighted by Crippen LogP contribution is -1.90. The van der Waals surface area contributed by atoms with Gasteiger partial charge >= 0.3 is 0 Å². The zero-order valence-corrected chi connectivity index (χ0v) is 10.8. The summed E-state index contributed by atoms with van der Waals surface area (Å²) in [6, 6.07) is 8.67. The molecule has 3 rings (SSSR count). The number of thiophene rings is 1. The van der Waals surface area contributed by atoms with Gasteiger partial charge in [0.15, 0.2) is 0 Å². The standard InChI is InChI=1S/C14H12ClFS/c15-14(9-4-6-11(16)7-5-9)13-8-10-2-1-3-12(10)17-13/h4-8,14H,1-3H2. The first-order valence-corrected chi connectivity index (χ1v) is 7.00. The highest BCUT2D eigenvalue weighted by molar-refractivity contribution is 7.12. The van der Waals surface area contributed by atoms with Crippen LogP contribution in [0.5, 0.6) is 0 Å². The van der Waals surface area contributed by atoms with Gasteiger partial charge in [0.2, 0.25) is 0 Å². The molecule has 1 unspecified atom stereocenters. The zero-order valence-electron chi connectivity index (χ0n) is 9.25. The van der Waals surface area contributed by atoms with E-state index in [9.17, 15) is 4.39 Å². The molecule has 3 heteroatoms. The van der Waals surface area contributed by atoms with Crippen LogP contribution in [0.25, 0.3) is 0 Å². The number of hydrogen-bond acceptors (Lipinski definition) is 1. The summed E-state index contributed by atoms with van der Waals surface area (Å²) in [6.45, 7) is 0. The van der Waals surface area contributed by atoms with Crippen molar-refractivity contribution in [2.45, 2.75) is 24.6 Å². The minimum Gasteiger partial charge on any atom is -0.207 e. The van der Waals surface area contributed by atoms with E-state index in [1.54, 1.807) is 23.5 Å². The molecule has 88 valence electrons. The van der Waals surface area contributed by atoms with Crippen LogP contribution in [0.4, 0.5) is 4.39 Å². The third kappa shape index (κ3) is 2.12. The molecule has 0 radical (unpaired) electrons. The quantitative estimate of drug-likeness (QED) is 0.691. The summed E-state index contributed by atoms with van der Waals surface area (Å²) >= 11 is 8.24. The predicted octanol–water partition coefficient (Wildman–Crippen LogP) is 4.70. The van der Waals surface area contributed by atoms with Crippen molar-refractivity contribution in [2.24, 2.45) is 0 Å². The van der Waals surface area contributed by atoms with Crippen molar-refractivity contribution >= 4 is 22.9 Å². The number of fused-ring (bicyclic) bond motifs is 1. The minimum absolute atomic E-state index is 0.147. The average Bonchev–Trinajstić information content (AvgIpc) is 2.89. The Morgan fingerprint density at radius 1 is 1.18 bits per heavy atom. The summed E-state index contributed by atoms with van der Waals surface area (Å²) in [6.07, 6.45) is 3.64. The Kier molecular flexibility index (Phi) is 2.93. The Morgan fingerprint density at radius 3 is 2.65 bits per heavy atom. The Labute approximate surface area is 109 Å². The van der Waals surface area contributed by atoms with E-state index in [4.69, 9.17) is 11.6 Å². The van der Waals surface area contributed by atoms with Crippen molar-refractivity contribution in [2.75, 3.05) is 0 Å². The molecule has 17 heavy (non-hydrogen) atoms. The SMILES string of the molecule is Fc1ccc(C(Cl)c2cc3c(s2)CCC3)cc1. The largest absolute Gasteiger partial charge is 0.207 e. The molecule has 0 amide bonds. The molecule has 1 aliphatic carbocycles. The summed E-state index contributed by atoms with van der Waals surface area (Å²) < 4.78 is 12.8. The van der Waals surface area contributed by atoms with Crippen LogP contribution < -0.4 is 0 Å². The van der Waals surface area contributed by atoms with Crippen LogP contribution in [0.15, 0.2) is 30.3 Å². The Bertz CT molecular complexity index is 508. The van der Waals surface area contributed by atoms with Crippen LogP contribution in [0, 0.1) is 5.82 Å². The van der Waals surface area contributed by atoms with E-state index < -0.39 is 0 Å². The molecule has 2 aromatic rings. The fourth-order valence-corrected chi connectivity index (χ4v) is 3.88. The van der Waals surface area contributed by atoms with Gasteiger partial charge in [-0.3, -0.25) is 0 Å². The number of alkyl halides is 1. The highest BCUT2D eigenvalue weighted by Gasteiger charge is 2.19. The highest BCUT2D eigenvalue weighted by atomic mass is 35.5. The topological polar surface area (TPSA) is 0 Å². The van der Waals surface area contributed by atoms with E-state index in [1.165, 1.54) is 46.7 Å². The van der Waals surface area contributed by atoms with E-state index in [1.807, 2.05) is 0 Å². The molecule has 0 bridgehead atoms. The van der Waals surface area contributed by atoms with Crippen molar-refractivity contribution in [3.8, 4) is 0 Å². The molecule has 0 saturated carbocycles. The van der Waals surface area contributed by atoms with Gasteiger partial charge in [-0.05, 0) is 48.6 Å². The number of rotatable bonds is 2. The van der Waals surface area contributed by atoms with E-state index in [0.29, 0.717) is 0 Å². The Morgan fingerprint density at radius 2 is 1.94 bits per heavy atom. The maximum absolute atomic E-state index is 12.8. The number of aryl methyl sites for hydroxylation is 2. The normalized spacial score (nSPS) is 15.9. The molecule has 1 aromatic heterocycles. The van der Waals surface area contributed by atoms with E-state index in [2.05, 4.69) is 6.07 Å². The molecule has 0 aliphatic heterocycles. The molecule has 1 heterocycles. The van der Waals surface area contributed by atoms with Crippen molar-refractivity contribution in [1.29, 1.82) is 0 Å². The second kappa shape index (κ2) is 4.43. The predicted molar refractivity (Wildman–Crippen MR) is 70.4 cm³/mol. The minimum atomic E-state index is -0.216. The van der Waals surface area contributed by atoms with Gasteiger partial charge in [-0.25, -0.2) is 4.39 Å². The lowest BCUT2D eigenvalue weighted by atomic mass is 10.1. The number of halogens is 2. The van der Waals surface area contributed by atoms with Gasteiger partial charge < -0.3 is 0 Å². The summed E-state index contributed by atoms with van der Waals surface area (Å²) in [7, 11) is 0. The second-order valence-electron chi connectivity index (χ2n) is 4.36. The summed E-state index contributed by atoms with van der Waals surface area (Å²) in [4.78, 5) is 2.66. The molecule has 0 nitrogen and oxygen atoms in total. The second-order valence-corrected chi connectivity index (χ2v) is 5.97. The average molecular weight is 267 g/mol. The summed E-state index contributed by atoms with van der Waals surface area (Å²) in [5, 5.41) is -0.147. The van der Waals surface area contributed by atoms with Crippen molar-refractivity contribution < 1.29 is 4.39 Å². The van der Waals surface area contributed by atoms with E-state index in [0.717, 1.165) is 5.56 Å². The van der Waals surface area contributed by atoms with E-state index >= 15 is 0 Å². The number of hydrogen-bond donors (Lipinski definition) is 0. The molecular formula is C14H12ClFS. The van der Waals surface area contributed by atoms with Crippen molar-refractivity contribution in [3.63, 3.8) is 0 Å². The molecule has 0 saturated heterocycles. The maximum atomic E-state index is 12.8. The van der Waals surface area contributed by atoms with Crippen LogP contribution in [0.2, 0.25) is 0 Å². The van der Waals surface area contributed by atoms with E-state index in [-0.39, 0.29) is 11.2 Å². The Balaban J connectivity index is 1.90. The fraction of sp³-hybridized carbons (Fsp3) is 0.286. The Hall–Kier alpha value is -0.860. The third-order valence-electron chi connectivity index (χ3n) is 3.18. The van der Waals surface area contributed by atoms with Gasteiger partial charge in [-0.2, -0.15) is 0 Å². The van der Waals surface area contributed by atoms with Gasteiger partial charge in [-0.15, -0.1) is 22.9 Å². The fourth-order valence-electron chi connectivity index (χ4n) is 2.27. The van der Waals surface area contributed by atoms with Gasteiger partial charge in [0.05, 0.1) is 5.38 Å². The zero-order chi connectivity index (χ0) is 11.8. The lowest BCUT2D eigenvalue weighted by molar-refractivity contribution is 0.627. The molecule has 1 atom stereocenters. The lowest BCUT2D eigenvalue weighted by Gasteiger charge is -2.07. The highest BCUT2D eigenvalue weighted by Crippen LogP contribution is 2.38. The summed E-state index contributed by atoms with van der Waals surface area (Å²) in [5.74, 6) is -0.216. The maximum Gasteiger partial charge on any atom is 0.123 e. The first-order chi connectivity index (χ1) is 8.24. The molecule has 1 aliphatic rings. The van der Waals surface area contributed by atoms with Crippen LogP contribution in [-0.2, 0) is 12.8 Å². The van der Waals surface area contributed by atoms with Crippen LogP contribution >= 0.6 is 22.9 Å². The molecule has 0 N–H and O–H groups in total. The monoisotopic (exact) mass is 266 g/mol. The van der Waals surface area contributed by atoms with Gasteiger partial charge in [0.25, 0.3) is 0 Å². The third-order valence-corrected chi connectivity index (χ3v) is 5.10. The first-order valence-electron chi connectivity index (χ1n) is 5.75. The molecular weight excluding hydrogens is 255 g/mol. The smallest absolute Gasteiger partial charge is 0.123 e. The van der Waals surface area contributed by atoms with Crippen LogP contribution in [0.1, 0.15) is 32.7 Å². The van der Waals surface area contributed by atoms with Gasteiger partial charge in [0, 0.05) is 9.75 Å². The summed E-state index contributed by atoms with van der Waals surface area (Å²) in [5.41, 5.74) is 2.42. The number of benzene rings is 1. The van der Waals surface area contributed by atoms with Crippen LogP contribution in [0.3, 0.4) is 0 Å².